The molecule has 4 rings (SSSR count). The summed E-state index contributed by atoms with van der Waals surface area (Å²) in [4.78, 5) is 13.2. The molecule has 0 bridgehead atoms. The molecule has 2 aromatic rings. The van der Waals surface area contributed by atoms with Crippen LogP contribution in [0.25, 0.3) is 11.1 Å². The van der Waals surface area contributed by atoms with Gasteiger partial charge in [-0.25, -0.2) is 4.39 Å². The number of unbranched alkanes of at least 4 members (excludes halogenated alkanes) is 2. The number of hydrogen-bond donors (Lipinski definition) is 0. The maximum absolute atomic E-state index is 15.4. The highest BCUT2D eigenvalue weighted by molar-refractivity contribution is 5.98. The molecule has 37 heavy (non-hydrogen) atoms. The third-order valence-electron chi connectivity index (χ3n) is 9.63. The Morgan fingerprint density at radius 2 is 1.41 bits per heavy atom. The quantitative estimate of drug-likeness (QED) is 0.220. The van der Waals surface area contributed by atoms with E-state index in [4.69, 9.17) is 0 Å². The van der Waals surface area contributed by atoms with Crippen molar-refractivity contribution in [1.82, 2.24) is 0 Å². The topological polar surface area (TPSA) is 17.1 Å². The first-order valence-corrected chi connectivity index (χ1v) is 15.4. The molecule has 0 atom stereocenters. The molecule has 2 fully saturated rings. The Bertz CT molecular complexity index is 991. The summed E-state index contributed by atoms with van der Waals surface area (Å²) in [7, 11) is 0. The number of carbonyl (C=O) groups is 1. The molecule has 2 aliphatic carbocycles. The normalized spacial score (nSPS) is 24.2. The molecule has 2 aromatic carbocycles. The zero-order chi connectivity index (χ0) is 26.2. The monoisotopic (exact) mass is 504 g/mol. The summed E-state index contributed by atoms with van der Waals surface area (Å²) >= 11 is 0. The van der Waals surface area contributed by atoms with E-state index in [1.165, 1.54) is 69.8 Å². The predicted octanol–water partition coefficient (Wildman–Crippen LogP) is 10.5. The van der Waals surface area contributed by atoms with E-state index in [2.05, 4.69) is 26.0 Å². The van der Waals surface area contributed by atoms with Crippen LogP contribution in [0.1, 0.15) is 125 Å². The van der Waals surface area contributed by atoms with Gasteiger partial charge in [0.25, 0.3) is 0 Å². The van der Waals surface area contributed by atoms with Crippen LogP contribution < -0.4 is 0 Å². The number of Topliss-reactive ketones (excluding diaryl/α,β-unsaturated/α-hetero) is 1. The van der Waals surface area contributed by atoms with Gasteiger partial charge in [-0.3, -0.25) is 4.79 Å². The fourth-order valence-electron chi connectivity index (χ4n) is 7.22. The van der Waals surface area contributed by atoms with Crippen LogP contribution >= 0.6 is 0 Å². The highest BCUT2D eigenvalue weighted by Crippen LogP contribution is 2.43. The fourth-order valence-corrected chi connectivity index (χ4v) is 7.22. The average molecular weight is 505 g/mol. The molecule has 0 amide bonds. The lowest BCUT2D eigenvalue weighted by Gasteiger charge is -2.38. The van der Waals surface area contributed by atoms with Gasteiger partial charge in [0.15, 0.2) is 5.78 Å². The fraction of sp³-hybridized carbons (Fsp3) is 0.629. The number of ketones is 1. The predicted molar refractivity (Wildman–Crippen MR) is 155 cm³/mol. The van der Waals surface area contributed by atoms with Crippen molar-refractivity contribution in [3.05, 3.63) is 58.9 Å². The average Bonchev–Trinajstić information content (AvgIpc) is 2.92. The Kier molecular flexibility index (Phi) is 10.4. The smallest absolute Gasteiger partial charge is 0.163 e. The Hall–Kier alpha value is -1.96. The van der Waals surface area contributed by atoms with Gasteiger partial charge in [-0.15, -0.1) is 0 Å². The van der Waals surface area contributed by atoms with Crippen molar-refractivity contribution in [3.8, 4) is 11.1 Å². The van der Waals surface area contributed by atoms with Crippen molar-refractivity contribution in [1.29, 1.82) is 0 Å². The van der Waals surface area contributed by atoms with E-state index >= 15 is 4.39 Å². The molecule has 0 aromatic heterocycles. The SMILES string of the molecule is CCCCCC1CCC(C2CCC(CC(=O)c3ccc(-c4ccc(CCC)cc4)c(F)c3C)CC2)CC1. The molecule has 2 aliphatic rings. The van der Waals surface area contributed by atoms with Gasteiger partial charge in [0.1, 0.15) is 5.82 Å². The minimum Gasteiger partial charge on any atom is -0.294 e. The van der Waals surface area contributed by atoms with Crippen LogP contribution in [0.2, 0.25) is 0 Å². The highest BCUT2D eigenvalue weighted by Gasteiger charge is 2.31. The molecule has 0 aliphatic heterocycles. The number of aryl methyl sites for hydroxylation is 1. The van der Waals surface area contributed by atoms with Crippen LogP contribution in [-0.2, 0) is 6.42 Å². The van der Waals surface area contributed by atoms with Gasteiger partial charge in [0.2, 0.25) is 0 Å². The molecule has 0 radical (unpaired) electrons. The zero-order valence-corrected chi connectivity index (χ0v) is 23.7. The molecule has 2 saturated carbocycles. The molecule has 0 unspecified atom stereocenters. The first-order chi connectivity index (χ1) is 18.0. The van der Waals surface area contributed by atoms with E-state index in [0.717, 1.165) is 49.0 Å². The second-order valence-corrected chi connectivity index (χ2v) is 12.2. The van der Waals surface area contributed by atoms with E-state index in [9.17, 15) is 4.79 Å². The molecular weight excluding hydrogens is 455 g/mol. The minimum absolute atomic E-state index is 0.122. The summed E-state index contributed by atoms with van der Waals surface area (Å²) in [5, 5.41) is 0. The molecule has 0 N–H and O–H groups in total. The molecule has 0 heterocycles. The van der Waals surface area contributed by atoms with Crippen LogP contribution in [-0.4, -0.2) is 5.78 Å². The molecule has 0 spiro atoms. The van der Waals surface area contributed by atoms with E-state index in [0.29, 0.717) is 29.0 Å². The van der Waals surface area contributed by atoms with E-state index in [-0.39, 0.29) is 11.6 Å². The number of halogens is 1. The summed E-state index contributed by atoms with van der Waals surface area (Å²) in [6.45, 7) is 6.23. The van der Waals surface area contributed by atoms with Gasteiger partial charge in [-0.2, -0.15) is 0 Å². The van der Waals surface area contributed by atoms with Crippen molar-refractivity contribution >= 4 is 5.78 Å². The zero-order valence-electron chi connectivity index (χ0n) is 23.7. The number of benzene rings is 2. The Labute approximate surface area is 225 Å². The van der Waals surface area contributed by atoms with E-state index in [1.807, 2.05) is 18.2 Å². The summed E-state index contributed by atoms with van der Waals surface area (Å²) in [6.07, 6.45) is 18.9. The first-order valence-electron chi connectivity index (χ1n) is 15.4. The van der Waals surface area contributed by atoms with Crippen molar-refractivity contribution < 1.29 is 9.18 Å². The molecule has 0 saturated heterocycles. The van der Waals surface area contributed by atoms with Crippen LogP contribution in [0, 0.1) is 36.4 Å². The lowest BCUT2D eigenvalue weighted by molar-refractivity contribution is 0.0918. The number of carbonyl (C=O) groups excluding carboxylic acids is 1. The van der Waals surface area contributed by atoms with E-state index in [1.54, 1.807) is 13.0 Å². The number of rotatable bonds is 11. The molecular formula is C35H49FO. The Morgan fingerprint density at radius 1 is 0.784 bits per heavy atom. The number of hydrogen-bond acceptors (Lipinski definition) is 1. The highest BCUT2D eigenvalue weighted by atomic mass is 19.1. The second kappa shape index (κ2) is 13.7. The summed E-state index contributed by atoms with van der Waals surface area (Å²) in [5.41, 5.74) is 3.84. The Balaban J connectivity index is 1.27. The van der Waals surface area contributed by atoms with Gasteiger partial charge in [0.05, 0.1) is 0 Å². The molecule has 1 nitrogen and oxygen atoms in total. The largest absolute Gasteiger partial charge is 0.294 e. The lowest BCUT2D eigenvalue weighted by Crippen LogP contribution is -2.26. The van der Waals surface area contributed by atoms with Gasteiger partial charge in [0, 0.05) is 17.5 Å². The van der Waals surface area contributed by atoms with Gasteiger partial charge in [-0.05, 0) is 92.2 Å². The van der Waals surface area contributed by atoms with Crippen molar-refractivity contribution in [2.24, 2.45) is 23.7 Å². The van der Waals surface area contributed by atoms with Crippen LogP contribution in [0.15, 0.2) is 36.4 Å². The van der Waals surface area contributed by atoms with Crippen molar-refractivity contribution in [2.75, 3.05) is 0 Å². The Morgan fingerprint density at radius 3 is 2.00 bits per heavy atom. The maximum atomic E-state index is 15.4. The maximum Gasteiger partial charge on any atom is 0.163 e. The summed E-state index contributed by atoms with van der Waals surface area (Å²) < 4.78 is 15.4. The summed E-state index contributed by atoms with van der Waals surface area (Å²) in [6, 6.07) is 11.8. The first kappa shape index (κ1) is 28.1. The third-order valence-corrected chi connectivity index (χ3v) is 9.63. The van der Waals surface area contributed by atoms with Crippen LogP contribution in [0.5, 0.6) is 0 Å². The third kappa shape index (κ3) is 7.33. The standard InChI is InChI=1S/C35H49FO/c1-4-6-7-9-27-10-16-29(17-11-27)30-18-14-28(15-19-30)24-34(37)32-22-23-33(35(36)25(32)3)31-20-12-26(8-5-2)13-21-31/h12-13,20-23,27-30H,4-11,14-19,24H2,1-3H3. The van der Waals surface area contributed by atoms with Crippen molar-refractivity contribution in [3.63, 3.8) is 0 Å². The second-order valence-electron chi connectivity index (χ2n) is 12.2. The van der Waals surface area contributed by atoms with Crippen LogP contribution in [0.3, 0.4) is 0 Å². The molecule has 2 heteroatoms. The lowest BCUT2D eigenvalue weighted by atomic mass is 9.68. The van der Waals surface area contributed by atoms with Gasteiger partial charge >= 0.3 is 0 Å². The van der Waals surface area contributed by atoms with Gasteiger partial charge < -0.3 is 0 Å². The van der Waals surface area contributed by atoms with Crippen molar-refractivity contribution in [2.45, 2.75) is 117 Å². The van der Waals surface area contributed by atoms with Gasteiger partial charge in [-0.1, -0.05) is 95.2 Å². The van der Waals surface area contributed by atoms with Crippen LogP contribution in [0.4, 0.5) is 4.39 Å². The molecule has 202 valence electrons. The van der Waals surface area contributed by atoms with E-state index < -0.39 is 0 Å². The minimum atomic E-state index is -0.247. The summed E-state index contributed by atoms with van der Waals surface area (Å²) in [5.74, 6) is 3.10.